The average Bonchev–Trinajstić information content (AvgIpc) is 2.05. The number of nitrogens with zero attached hydrogens (tertiary/aromatic N) is 1. The van der Waals surface area contributed by atoms with Crippen molar-refractivity contribution in [2.75, 3.05) is 6.54 Å². The Balaban J connectivity index is 2.60. The van der Waals surface area contributed by atoms with E-state index in [4.69, 9.17) is 5.11 Å². The maximum Gasteiger partial charge on any atom is 0.333 e. The molecule has 64 valence electrons. The van der Waals surface area contributed by atoms with E-state index in [-0.39, 0.29) is 12.1 Å². The number of hydrogen-bond acceptors (Lipinski definition) is 3. The number of amides is 1. The fraction of sp³-hybridized carbons (Fsp3) is 0.143. The van der Waals surface area contributed by atoms with Crippen molar-refractivity contribution >= 4 is 12.4 Å². The van der Waals surface area contributed by atoms with Gasteiger partial charge in [-0.25, -0.2) is 4.79 Å². The summed E-state index contributed by atoms with van der Waals surface area (Å²) >= 11 is 0. The molecule has 5 heteroatoms. The molecular weight excluding hydrogens is 160 g/mol. The van der Waals surface area contributed by atoms with Gasteiger partial charge in [-0.1, -0.05) is 0 Å². The summed E-state index contributed by atoms with van der Waals surface area (Å²) in [4.78, 5) is 20.5. The molecule has 0 atom stereocenters. The molecule has 5 nitrogen and oxygen atoms in total. The molecule has 2 N–H and O–H groups in total. The summed E-state index contributed by atoms with van der Waals surface area (Å²) in [6.07, 6.45) is 5.13. The SMILES string of the molecule is O=CNN1C=CC=C(C(=O)O)C1. The standard InChI is InChI=1S/C7H8N2O3/c10-5-8-9-3-1-2-6(4-9)7(11)12/h1-3,5H,4H2,(H,8,10)(H,11,12). The number of carboxylic acid groups (broad SMARTS) is 1. The molecule has 0 unspecified atom stereocenters. The Hall–Kier alpha value is -1.78. The number of carboxylic acids is 1. The van der Waals surface area contributed by atoms with Crippen molar-refractivity contribution in [2.24, 2.45) is 0 Å². The zero-order valence-electron chi connectivity index (χ0n) is 6.23. The lowest BCUT2D eigenvalue weighted by atomic mass is 10.2. The number of aliphatic carboxylic acids is 1. The molecule has 0 aromatic rings. The van der Waals surface area contributed by atoms with Crippen LogP contribution in [0, 0.1) is 0 Å². The molecule has 0 saturated carbocycles. The number of nitrogens with one attached hydrogen (secondary N) is 1. The van der Waals surface area contributed by atoms with Crippen LogP contribution in [0.25, 0.3) is 0 Å². The number of carbonyl (C=O) groups is 2. The van der Waals surface area contributed by atoms with Crippen LogP contribution < -0.4 is 5.43 Å². The molecule has 0 radical (unpaired) electrons. The first-order valence-electron chi connectivity index (χ1n) is 3.31. The van der Waals surface area contributed by atoms with Gasteiger partial charge in [-0.2, -0.15) is 0 Å². The molecular formula is C7H8N2O3. The number of allylic oxidation sites excluding steroid dienone is 2. The van der Waals surface area contributed by atoms with Crippen molar-refractivity contribution in [3.63, 3.8) is 0 Å². The Morgan fingerprint density at radius 1 is 1.75 bits per heavy atom. The summed E-state index contributed by atoms with van der Waals surface area (Å²) in [5, 5.41) is 9.96. The smallest absolute Gasteiger partial charge is 0.333 e. The van der Waals surface area contributed by atoms with Crippen molar-refractivity contribution in [2.45, 2.75) is 0 Å². The predicted octanol–water partition coefficient (Wildman–Crippen LogP) is -0.512. The third-order valence-corrected chi connectivity index (χ3v) is 1.40. The number of carbonyl (C=O) groups excluding carboxylic acids is 1. The summed E-state index contributed by atoms with van der Waals surface area (Å²) in [7, 11) is 0. The molecule has 1 aliphatic rings. The van der Waals surface area contributed by atoms with Gasteiger partial charge in [0.1, 0.15) is 0 Å². The second-order valence-electron chi connectivity index (χ2n) is 2.21. The van der Waals surface area contributed by atoms with Crippen LogP contribution in [0.1, 0.15) is 0 Å². The van der Waals surface area contributed by atoms with E-state index in [1.807, 2.05) is 0 Å². The number of hydrogen-bond donors (Lipinski definition) is 2. The molecule has 1 aliphatic heterocycles. The van der Waals surface area contributed by atoms with Crippen LogP contribution in [-0.4, -0.2) is 29.0 Å². The lowest BCUT2D eigenvalue weighted by Crippen LogP contribution is -2.36. The molecule has 0 aromatic carbocycles. The molecule has 12 heavy (non-hydrogen) atoms. The van der Waals surface area contributed by atoms with E-state index in [1.54, 1.807) is 12.3 Å². The summed E-state index contributed by atoms with van der Waals surface area (Å²) in [6, 6.07) is 0. The van der Waals surface area contributed by atoms with E-state index in [0.717, 1.165) is 0 Å². The van der Waals surface area contributed by atoms with Crippen molar-refractivity contribution in [1.82, 2.24) is 10.4 Å². The van der Waals surface area contributed by atoms with Crippen LogP contribution in [0.5, 0.6) is 0 Å². The lowest BCUT2D eigenvalue weighted by Gasteiger charge is -2.20. The van der Waals surface area contributed by atoms with Gasteiger partial charge in [0.05, 0.1) is 12.1 Å². The normalized spacial score (nSPS) is 15.3. The van der Waals surface area contributed by atoms with Gasteiger partial charge in [0.15, 0.2) is 0 Å². The predicted molar refractivity (Wildman–Crippen MR) is 40.8 cm³/mol. The lowest BCUT2D eigenvalue weighted by molar-refractivity contribution is -0.133. The van der Waals surface area contributed by atoms with Gasteiger partial charge in [-0.3, -0.25) is 15.2 Å². The maximum absolute atomic E-state index is 10.5. The van der Waals surface area contributed by atoms with Crippen LogP contribution in [0.15, 0.2) is 23.9 Å². The first kappa shape index (κ1) is 8.32. The first-order chi connectivity index (χ1) is 5.74. The Bertz CT molecular complexity index is 257. The zero-order valence-corrected chi connectivity index (χ0v) is 6.23. The van der Waals surface area contributed by atoms with E-state index in [1.165, 1.54) is 11.1 Å². The number of hydrazine groups is 1. The van der Waals surface area contributed by atoms with Crippen LogP contribution in [0.4, 0.5) is 0 Å². The highest BCUT2D eigenvalue weighted by Gasteiger charge is 2.12. The van der Waals surface area contributed by atoms with Crippen LogP contribution in [-0.2, 0) is 9.59 Å². The first-order valence-corrected chi connectivity index (χ1v) is 3.31. The van der Waals surface area contributed by atoms with E-state index < -0.39 is 5.97 Å². The Morgan fingerprint density at radius 2 is 2.50 bits per heavy atom. The molecule has 0 aliphatic carbocycles. The summed E-state index contributed by atoms with van der Waals surface area (Å²) in [5.41, 5.74) is 2.57. The molecule has 0 fully saturated rings. The maximum atomic E-state index is 10.5. The summed E-state index contributed by atoms with van der Waals surface area (Å²) in [6.45, 7) is 0.185. The molecule has 1 rings (SSSR count). The van der Waals surface area contributed by atoms with Gasteiger partial charge in [-0.15, -0.1) is 0 Å². The van der Waals surface area contributed by atoms with Gasteiger partial charge < -0.3 is 5.11 Å². The topological polar surface area (TPSA) is 69.6 Å². The minimum atomic E-state index is -0.975. The van der Waals surface area contributed by atoms with Crippen LogP contribution in [0.2, 0.25) is 0 Å². The van der Waals surface area contributed by atoms with Crippen molar-refractivity contribution in [1.29, 1.82) is 0 Å². The van der Waals surface area contributed by atoms with Crippen LogP contribution in [0.3, 0.4) is 0 Å². The third kappa shape index (κ3) is 1.85. The molecule has 0 aromatic heterocycles. The van der Waals surface area contributed by atoms with E-state index in [2.05, 4.69) is 5.43 Å². The quantitative estimate of drug-likeness (QED) is 0.557. The van der Waals surface area contributed by atoms with E-state index in [9.17, 15) is 9.59 Å². The van der Waals surface area contributed by atoms with E-state index in [0.29, 0.717) is 6.41 Å². The minimum absolute atomic E-state index is 0.185. The summed E-state index contributed by atoms with van der Waals surface area (Å²) in [5.74, 6) is -0.975. The number of rotatable bonds is 3. The highest BCUT2D eigenvalue weighted by molar-refractivity contribution is 5.87. The second-order valence-corrected chi connectivity index (χ2v) is 2.21. The molecule has 1 amide bonds. The molecule has 0 bridgehead atoms. The Morgan fingerprint density at radius 3 is 3.08 bits per heavy atom. The monoisotopic (exact) mass is 168 g/mol. The fourth-order valence-electron chi connectivity index (χ4n) is 0.847. The highest BCUT2D eigenvalue weighted by Crippen LogP contribution is 2.04. The minimum Gasteiger partial charge on any atom is -0.478 e. The third-order valence-electron chi connectivity index (χ3n) is 1.40. The second kappa shape index (κ2) is 3.56. The molecule has 0 saturated heterocycles. The van der Waals surface area contributed by atoms with Crippen molar-refractivity contribution in [3.8, 4) is 0 Å². The Kier molecular flexibility index (Phi) is 2.47. The van der Waals surface area contributed by atoms with Gasteiger partial charge >= 0.3 is 5.97 Å². The van der Waals surface area contributed by atoms with Gasteiger partial charge in [0.2, 0.25) is 6.41 Å². The van der Waals surface area contributed by atoms with Gasteiger partial charge in [0.25, 0.3) is 0 Å². The van der Waals surface area contributed by atoms with E-state index >= 15 is 0 Å². The van der Waals surface area contributed by atoms with Crippen molar-refractivity contribution in [3.05, 3.63) is 23.9 Å². The van der Waals surface area contributed by atoms with Crippen molar-refractivity contribution < 1.29 is 14.7 Å². The largest absolute Gasteiger partial charge is 0.478 e. The van der Waals surface area contributed by atoms with Gasteiger partial charge in [0, 0.05) is 6.20 Å². The van der Waals surface area contributed by atoms with Gasteiger partial charge in [-0.05, 0) is 12.2 Å². The highest BCUT2D eigenvalue weighted by atomic mass is 16.4. The fourth-order valence-corrected chi connectivity index (χ4v) is 0.847. The Labute approximate surface area is 68.9 Å². The van der Waals surface area contributed by atoms with Crippen LogP contribution >= 0.6 is 0 Å². The average molecular weight is 168 g/mol. The molecule has 1 heterocycles. The molecule has 0 spiro atoms. The summed E-state index contributed by atoms with van der Waals surface area (Å²) < 4.78 is 0. The zero-order chi connectivity index (χ0) is 8.97.